The highest BCUT2D eigenvalue weighted by Gasteiger charge is 2.16. The van der Waals surface area contributed by atoms with Gasteiger partial charge in [-0.2, -0.15) is 0 Å². The zero-order valence-corrected chi connectivity index (χ0v) is 12.7. The van der Waals surface area contributed by atoms with Gasteiger partial charge in [0.25, 0.3) is 0 Å². The lowest BCUT2D eigenvalue weighted by atomic mass is 10.1. The highest BCUT2D eigenvalue weighted by molar-refractivity contribution is 7.97. The fourth-order valence-electron chi connectivity index (χ4n) is 1.62. The molecule has 0 amide bonds. The Bertz CT molecular complexity index is 197. The van der Waals surface area contributed by atoms with Crippen molar-refractivity contribution < 1.29 is 0 Å². The molecule has 0 unspecified atom stereocenters. The van der Waals surface area contributed by atoms with Gasteiger partial charge in [-0.1, -0.05) is 40.2 Å². The van der Waals surface area contributed by atoms with Crippen LogP contribution in [0.25, 0.3) is 0 Å². The van der Waals surface area contributed by atoms with Crippen LogP contribution < -0.4 is 0 Å². The van der Waals surface area contributed by atoms with Crippen LogP contribution in [0.3, 0.4) is 0 Å². The molecule has 0 radical (unpaired) electrons. The van der Waals surface area contributed by atoms with E-state index in [0.717, 1.165) is 6.42 Å². The lowest BCUT2D eigenvalue weighted by Gasteiger charge is -2.32. The maximum absolute atomic E-state index is 2.50. The van der Waals surface area contributed by atoms with E-state index in [1.165, 1.54) is 24.3 Å². The lowest BCUT2D eigenvalue weighted by molar-refractivity contribution is 0.426. The van der Waals surface area contributed by atoms with Crippen LogP contribution in [0.2, 0.25) is 0 Å². The highest BCUT2D eigenvalue weighted by Crippen LogP contribution is 2.27. The first kappa shape index (κ1) is 15.9. The average Bonchev–Trinajstić information content (AvgIpc) is 2.21. The molecule has 0 spiro atoms. The van der Waals surface area contributed by atoms with E-state index < -0.39 is 0 Å². The van der Waals surface area contributed by atoms with Crippen molar-refractivity contribution in [2.75, 3.05) is 5.75 Å². The Kier molecular flexibility index (Phi) is 8.91. The van der Waals surface area contributed by atoms with Crippen LogP contribution in [0.4, 0.5) is 0 Å². The van der Waals surface area contributed by atoms with E-state index >= 15 is 0 Å². The Labute approximate surface area is 107 Å². The van der Waals surface area contributed by atoms with Gasteiger partial charge in [-0.3, -0.25) is 0 Å². The fourth-order valence-corrected chi connectivity index (χ4v) is 2.97. The van der Waals surface area contributed by atoms with Crippen molar-refractivity contribution in [1.29, 1.82) is 0 Å². The summed E-state index contributed by atoms with van der Waals surface area (Å²) in [6.45, 7) is 13.6. The maximum Gasteiger partial charge on any atom is 0.0346 e. The molecule has 0 saturated carbocycles. The maximum atomic E-state index is 2.50. The van der Waals surface area contributed by atoms with Gasteiger partial charge in [0.1, 0.15) is 0 Å². The summed E-state index contributed by atoms with van der Waals surface area (Å²) >= 11 is 2.00. The summed E-state index contributed by atoms with van der Waals surface area (Å²) in [6.07, 6.45) is 6.10. The number of rotatable bonds is 8. The van der Waals surface area contributed by atoms with E-state index in [9.17, 15) is 0 Å². The van der Waals surface area contributed by atoms with Crippen LogP contribution in [0.15, 0.2) is 11.8 Å². The van der Waals surface area contributed by atoms with Gasteiger partial charge in [0, 0.05) is 17.5 Å². The Morgan fingerprint density at radius 3 is 2.19 bits per heavy atom. The molecule has 0 aromatic rings. The van der Waals surface area contributed by atoms with Crippen LogP contribution in [-0.4, -0.2) is 16.1 Å². The molecule has 0 saturated heterocycles. The summed E-state index contributed by atoms with van der Waals surface area (Å²) in [5.74, 6) is 1.86. The van der Waals surface area contributed by atoms with Crippen LogP contribution in [0.1, 0.15) is 60.8 Å². The van der Waals surface area contributed by atoms with Gasteiger partial charge in [0.15, 0.2) is 0 Å². The summed E-state index contributed by atoms with van der Waals surface area (Å²) in [5.41, 5.74) is 1.50. The first-order chi connectivity index (χ1) is 7.54. The minimum Gasteiger partial charge on any atom is -0.318 e. The molecule has 0 aliphatic heterocycles. The van der Waals surface area contributed by atoms with E-state index in [1.807, 2.05) is 11.9 Å². The van der Waals surface area contributed by atoms with Gasteiger partial charge in [-0.15, -0.1) is 0 Å². The molecule has 0 N–H and O–H groups in total. The summed E-state index contributed by atoms with van der Waals surface area (Å²) in [5, 5.41) is 0. The largest absolute Gasteiger partial charge is 0.318 e. The van der Waals surface area contributed by atoms with Crippen molar-refractivity contribution in [2.45, 2.75) is 66.8 Å². The Morgan fingerprint density at radius 1 is 1.19 bits per heavy atom. The van der Waals surface area contributed by atoms with E-state index in [1.54, 1.807) is 0 Å². The first-order valence-corrected chi connectivity index (χ1v) is 7.60. The van der Waals surface area contributed by atoms with Gasteiger partial charge in [-0.25, -0.2) is 0 Å². The van der Waals surface area contributed by atoms with Crippen molar-refractivity contribution in [3.8, 4) is 0 Å². The molecule has 0 rings (SSSR count). The third-order valence-electron chi connectivity index (χ3n) is 2.46. The molecule has 16 heavy (non-hydrogen) atoms. The molecule has 1 nitrogen and oxygen atoms in total. The van der Waals surface area contributed by atoms with Crippen molar-refractivity contribution >= 4 is 11.9 Å². The van der Waals surface area contributed by atoms with Gasteiger partial charge < -0.3 is 4.31 Å². The summed E-state index contributed by atoms with van der Waals surface area (Å²) in [7, 11) is 0. The first-order valence-electron chi connectivity index (χ1n) is 6.66. The van der Waals surface area contributed by atoms with Gasteiger partial charge >= 0.3 is 0 Å². The topological polar surface area (TPSA) is 3.24 Å². The third kappa shape index (κ3) is 5.83. The molecule has 0 aliphatic rings. The van der Waals surface area contributed by atoms with Crippen LogP contribution in [0, 0.1) is 5.92 Å². The number of allylic oxidation sites excluding steroid dienone is 2. The monoisotopic (exact) mass is 243 g/mol. The zero-order chi connectivity index (χ0) is 12.6. The quantitative estimate of drug-likeness (QED) is 0.431. The van der Waals surface area contributed by atoms with Gasteiger partial charge in [-0.05, 0) is 44.6 Å². The molecule has 96 valence electrons. The molecule has 0 heterocycles. The SMILES string of the molecule is CC/C=C(/C(C)C)N(SCCCC)C(C)C. The molecule has 0 aromatic carbocycles. The average molecular weight is 243 g/mol. The second-order valence-electron chi connectivity index (χ2n) is 4.80. The van der Waals surface area contributed by atoms with Crippen LogP contribution in [0.5, 0.6) is 0 Å². The predicted octanol–water partition coefficient (Wildman–Crippen LogP) is 5.10. The minimum atomic E-state index is 0.585. The van der Waals surface area contributed by atoms with Crippen molar-refractivity contribution in [3.05, 3.63) is 11.8 Å². The van der Waals surface area contributed by atoms with Crippen molar-refractivity contribution in [2.24, 2.45) is 5.92 Å². The molecule has 0 aliphatic carbocycles. The molecule has 2 heteroatoms. The Hall–Kier alpha value is -0.110. The molecule has 0 aromatic heterocycles. The Morgan fingerprint density at radius 2 is 1.81 bits per heavy atom. The second-order valence-corrected chi connectivity index (χ2v) is 5.86. The lowest BCUT2D eigenvalue weighted by Crippen LogP contribution is -2.26. The van der Waals surface area contributed by atoms with Crippen molar-refractivity contribution in [3.63, 3.8) is 0 Å². The van der Waals surface area contributed by atoms with E-state index in [4.69, 9.17) is 0 Å². The summed E-state index contributed by atoms with van der Waals surface area (Å²) in [4.78, 5) is 0. The molecular formula is C14H29NS. The zero-order valence-electron chi connectivity index (χ0n) is 11.9. The van der Waals surface area contributed by atoms with Crippen LogP contribution in [-0.2, 0) is 0 Å². The number of nitrogens with zero attached hydrogens (tertiary/aromatic N) is 1. The number of hydrogen-bond acceptors (Lipinski definition) is 2. The second kappa shape index (κ2) is 8.98. The fraction of sp³-hybridized carbons (Fsp3) is 0.857. The Balaban J connectivity index is 4.53. The highest BCUT2D eigenvalue weighted by atomic mass is 32.2. The summed E-state index contributed by atoms with van der Waals surface area (Å²) < 4.78 is 2.50. The number of unbranched alkanes of at least 4 members (excludes halogenated alkanes) is 1. The minimum absolute atomic E-state index is 0.585. The van der Waals surface area contributed by atoms with Crippen molar-refractivity contribution in [1.82, 2.24) is 4.31 Å². The smallest absolute Gasteiger partial charge is 0.0346 e. The number of hydrogen-bond donors (Lipinski definition) is 0. The van der Waals surface area contributed by atoms with E-state index in [0.29, 0.717) is 12.0 Å². The predicted molar refractivity (Wildman–Crippen MR) is 77.6 cm³/mol. The molecule has 0 atom stereocenters. The molecule has 0 bridgehead atoms. The van der Waals surface area contributed by atoms with E-state index in [-0.39, 0.29) is 0 Å². The van der Waals surface area contributed by atoms with E-state index in [2.05, 4.69) is 51.9 Å². The normalized spacial score (nSPS) is 12.6. The van der Waals surface area contributed by atoms with Gasteiger partial charge in [0.05, 0.1) is 0 Å². The standard InChI is InChI=1S/C14H29NS/c1-7-9-11-16-15(13(5)6)14(10-8-2)12(3)4/h10,12-13H,7-9,11H2,1-6H3/b14-10-. The van der Waals surface area contributed by atoms with Gasteiger partial charge in [0.2, 0.25) is 0 Å². The summed E-state index contributed by atoms with van der Waals surface area (Å²) in [6, 6.07) is 0.585. The van der Waals surface area contributed by atoms with Crippen LogP contribution >= 0.6 is 11.9 Å². The molecular weight excluding hydrogens is 214 g/mol. The third-order valence-corrected chi connectivity index (χ3v) is 3.84. The molecule has 0 fully saturated rings.